The van der Waals surface area contributed by atoms with Gasteiger partial charge in [-0.05, 0) is 54.0 Å². The van der Waals surface area contributed by atoms with Crippen molar-refractivity contribution in [2.45, 2.75) is 44.6 Å². The second kappa shape index (κ2) is 7.67. The summed E-state index contributed by atoms with van der Waals surface area (Å²) in [7, 11) is 0. The molecule has 0 bridgehead atoms. The zero-order valence-corrected chi connectivity index (χ0v) is 17.3. The Bertz CT molecular complexity index is 1070. The van der Waals surface area contributed by atoms with E-state index in [9.17, 15) is 4.79 Å². The summed E-state index contributed by atoms with van der Waals surface area (Å²) < 4.78 is 6.14. The molecule has 2 aliphatic carbocycles. The van der Waals surface area contributed by atoms with Gasteiger partial charge in [-0.2, -0.15) is 0 Å². The van der Waals surface area contributed by atoms with Crippen LogP contribution < -0.4 is 4.74 Å². The minimum absolute atomic E-state index is 0.0377. The molecule has 4 heteroatoms. The average Bonchev–Trinajstić information content (AvgIpc) is 2.81. The molecule has 0 N–H and O–H groups in total. The van der Waals surface area contributed by atoms with Gasteiger partial charge in [-0.15, -0.1) is 0 Å². The van der Waals surface area contributed by atoms with Gasteiger partial charge in [0.1, 0.15) is 24.5 Å². The fourth-order valence-corrected chi connectivity index (χ4v) is 5.53. The van der Waals surface area contributed by atoms with E-state index in [1.807, 2.05) is 30.5 Å². The SMILES string of the molecule is C[C@@H]1C(=O)CC[C@]2(c3cccc(OCc4ccccc4)c3)c3ncncc3CC[C@@H]12. The summed E-state index contributed by atoms with van der Waals surface area (Å²) in [5.74, 6) is 1.53. The summed E-state index contributed by atoms with van der Waals surface area (Å²) in [5.41, 5.74) is 4.42. The van der Waals surface area contributed by atoms with Gasteiger partial charge >= 0.3 is 0 Å². The normalized spacial score (nSPS) is 25.3. The third-order valence-electron chi connectivity index (χ3n) is 7.04. The fraction of sp³-hybridized carbons (Fsp3) is 0.346. The summed E-state index contributed by atoms with van der Waals surface area (Å²) in [6, 6.07) is 18.6. The Hall–Kier alpha value is -3.01. The van der Waals surface area contributed by atoms with Crippen molar-refractivity contribution in [1.82, 2.24) is 9.97 Å². The van der Waals surface area contributed by atoms with Crippen LogP contribution in [0, 0.1) is 11.8 Å². The van der Waals surface area contributed by atoms with Crippen molar-refractivity contribution in [2.75, 3.05) is 0 Å². The lowest BCUT2D eigenvalue weighted by molar-refractivity contribution is -0.128. The minimum Gasteiger partial charge on any atom is -0.489 e. The maximum absolute atomic E-state index is 12.6. The molecule has 5 rings (SSSR count). The number of ketones is 1. The Morgan fingerprint density at radius 2 is 1.97 bits per heavy atom. The van der Waals surface area contributed by atoms with Gasteiger partial charge < -0.3 is 4.74 Å². The van der Waals surface area contributed by atoms with Crippen LogP contribution in [0.25, 0.3) is 0 Å². The van der Waals surface area contributed by atoms with E-state index >= 15 is 0 Å². The molecule has 0 radical (unpaired) electrons. The van der Waals surface area contributed by atoms with Crippen molar-refractivity contribution in [3.8, 4) is 5.75 Å². The molecule has 0 unspecified atom stereocenters. The molecule has 0 amide bonds. The number of benzene rings is 2. The minimum atomic E-state index is -0.254. The first-order valence-corrected chi connectivity index (χ1v) is 10.8. The van der Waals surface area contributed by atoms with Crippen LogP contribution in [0.2, 0.25) is 0 Å². The Balaban J connectivity index is 1.55. The maximum atomic E-state index is 12.6. The van der Waals surface area contributed by atoms with Gasteiger partial charge in [-0.1, -0.05) is 49.4 Å². The van der Waals surface area contributed by atoms with Crippen molar-refractivity contribution in [2.24, 2.45) is 11.8 Å². The highest BCUT2D eigenvalue weighted by atomic mass is 16.5. The summed E-state index contributed by atoms with van der Waals surface area (Å²) in [6.07, 6.45) is 6.92. The number of Topliss-reactive ketones (excluding diaryl/α,β-unsaturated/α-hetero) is 1. The van der Waals surface area contributed by atoms with E-state index in [-0.39, 0.29) is 17.3 Å². The highest BCUT2D eigenvalue weighted by molar-refractivity contribution is 5.83. The number of rotatable bonds is 4. The second-order valence-electron chi connectivity index (χ2n) is 8.57. The van der Waals surface area contributed by atoms with E-state index in [0.29, 0.717) is 18.8 Å². The number of carbonyl (C=O) groups is 1. The molecule has 1 fully saturated rings. The van der Waals surface area contributed by atoms with Crippen LogP contribution >= 0.6 is 0 Å². The van der Waals surface area contributed by atoms with Crippen molar-refractivity contribution in [3.05, 3.63) is 89.5 Å². The van der Waals surface area contributed by atoms with Gasteiger partial charge in [0.25, 0.3) is 0 Å². The molecule has 2 aliphatic rings. The van der Waals surface area contributed by atoms with E-state index in [4.69, 9.17) is 9.72 Å². The summed E-state index contributed by atoms with van der Waals surface area (Å²) >= 11 is 0. The van der Waals surface area contributed by atoms with Crippen molar-refractivity contribution in [1.29, 1.82) is 0 Å². The standard InChI is InChI=1S/C26H26N2O2/c1-18-23-11-10-20-15-27-17-28-25(20)26(23,13-12-24(18)29)21-8-5-9-22(14-21)30-16-19-6-3-2-4-7-19/h2-9,14-15,17-18,23H,10-13,16H2,1H3/t18-,23-,26+/m0/s1. The number of fused-ring (bicyclic) bond motifs is 3. The Labute approximate surface area is 177 Å². The van der Waals surface area contributed by atoms with Gasteiger partial charge in [0.15, 0.2) is 0 Å². The van der Waals surface area contributed by atoms with Crippen LogP contribution in [0.4, 0.5) is 0 Å². The van der Waals surface area contributed by atoms with Crippen LogP contribution in [-0.4, -0.2) is 15.8 Å². The molecule has 1 heterocycles. The lowest BCUT2D eigenvalue weighted by Gasteiger charge is -2.50. The van der Waals surface area contributed by atoms with E-state index in [0.717, 1.165) is 36.3 Å². The van der Waals surface area contributed by atoms with Crippen molar-refractivity contribution in [3.63, 3.8) is 0 Å². The monoisotopic (exact) mass is 398 g/mol. The summed E-state index contributed by atoms with van der Waals surface area (Å²) in [5, 5.41) is 0. The maximum Gasteiger partial charge on any atom is 0.136 e. The first kappa shape index (κ1) is 19.0. The lowest BCUT2D eigenvalue weighted by atomic mass is 9.53. The summed E-state index contributed by atoms with van der Waals surface area (Å²) in [4.78, 5) is 21.6. The van der Waals surface area contributed by atoms with Gasteiger partial charge in [0.05, 0.1) is 5.69 Å². The fourth-order valence-electron chi connectivity index (χ4n) is 5.53. The molecule has 1 aromatic heterocycles. The molecule has 0 spiro atoms. The number of hydrogen-bond acceptors (Lipinski definition) is 4. The molecule has 0 saturated heterocycles. The molecule has 2 aromatic carbocycles. The molecule has 4 nitrogen and oxygen atoms in total. The predicted octanol–water partition coefficient (Wildman–Crippen LogP) is 4.90. The van der Waals surface area contributed by atoms with Gasteiger partial charge in [-0.25, -0.2) is 9.97 Å². The van der Waals surface area contributed by atoms with Crippen molar-refractivity contribution >= 4 is 5.78 Å². The van der Waals surface area contributed by atoms with E-state index in [2.05, 4.69) is 42.2 Å². The van der Waals surface area contributed by atoms with E-state index in [1.54, 1.807) is 6.33 Å². The number of nitrogens with zero attached hydrogens (tertiary/aromatic N) is 2. The topological polar surface area (TPSA) is 52.1 Å². The van der Waals surface area contributed by atoms with Gasteiger partial charge in [-0.3, -0.25) is 4.79 Å². The zero-order valence-electron chi connectivity index (χ0n) is 17.3. The van der Waals surface area contributed by atoms with Crippen LogP contribution in [0.5, 0.6) is 5.75 Å². The molecular weight excluding hydrogens is 372 g/mol. The molecule has 3 aromatic rings. The Morgan fingerprint density at radius 3 is 2.83 bits per heavy atom. The van der Waals surface area contributed by atoms with Gasteiger partial charge in [0, 0.05) is 24.0 Å². The second-order valence-corrected chi connectivity index (χ2v) is 8.57. The quantitative estimate of drug-likeness (QED) is 0.627. The molecule has 1 saturated carbocycles. The zero-order chi connectivity index (χ0) is 20.6. The molecule has 152 valence electrons. The molecule has 30 heavy (non-hydrogen) atoms. The third kappa shape index (κ3) is 3.11. The van der Waals surface area contributed by atoms with Crippen molar-refractivity contribution < 1.29 is 9.53 Å². The Kier molecular flexibility index (Phi) is 4.86. The average molecular weight is 399 g/mol. The van der Waals surface area contributed by atoms with Crippen LogP contribution in [0.3, 0.4) is 0 Å². The first-order valence-electron chi connectivity index (χ1n) is 10.8. The number of carbonyl (C=O) groups excluding carboxylic acids is 1. The molecular formula is C26H26N2O2. The highest BCUT2D eigenvalue weighted by Crippen LogP contribution is 2.54. The van der Waals surface area contributed by atoms with E-state index in [1.165, 1.54) is 11.1 Å². The third-order valence-corrected chi connectivity index (χ3v) is 7.04. The first-order chi connectivity index (χ1) is 14.7. The Morgan fingerprint density at radius 1 is 1.10 bits per heavy atom. The number of ether oxygens (including phenoxy) is 1. The lowest BCUT2D eigenvalue weighted by Crippen LogP contribution is -2.50. The number of aryl methyl sites for hydroxylation is 1. The number of hydrogen-bond donors (Lipinski definition) is 0. The molecule has 0 aliphatic heterocycles. The van der Waals surface area contributed by atoms with Gasteiger partial charge in [0.2, 0.25) is 0 Å². The molecule has 3 atom stereocenters. The van der Waals surface area contributed by atoms with Crippen LogP contribution in [-0.2, 0) is 23.2 Å². The van der Waals surface area contributed by atoms with E-state index < -0.39 is 0 Å². The number of aromatic nitrogens is 2. The largest absolute Gasteiger partial charge is 0.489 e. The highest BCUT2D eigenvalue weighted by Gasteiger charge is 2.52. The summed E-state index contributed by atoms with van der Waals surface area (Å²) in [6.45, 7) is 2.64. The van der Waals surface area contributed by atoms with Crippen LogP contribution in [0.1, 0.15) is 48.6 Å². The smallest absolute Gasteiger partial charge is 0.136 e. The predicted molar refractivity (Wildman–Crippen MR) is 115 cm³/mol. The van der Waals surface area contributed by atoms with Crippen LogP contribution in [0.15, 0.2) is 67.1 Å².